The zero-order valence-corrected chi connectivity index (χ0v) is 18.0. The maximum atomic E-state index is 5.15. The van der Waals surface area contributed by atoms with E-state index in [1.807, 2.05) is 0 Å². The fourth-order valence-electron chi connectivity index (χ4n) is 3.61. The van der Waals surface area contributed by atoms with Crippen molar-refractivity contribution in [1.29, 1.82) is 0 Å². The molecule has 134 valence electrons. The minimum Gasteiger partial charge on any atom is -0.246 e. The first-order valence-corrected chi connectivity index (χ1v) is 10.6. The van der Waals surface area contributed by atoms with Crippen molar-refractivity contribution in [2.45, 2.75) is 0 Å². The zero-order valence-electron chi connectivity index (χ0n) is 14.9. The van der Waals surface area contributed by atoms with Crippen LogP contribution in [0.5, 0.6) is 0 Å². The second-order valence-corrected chi connectivity index (χ2v) is 8.59. The van der Waals surface area contributed by atoms with Gasteiger partial charge in [0.2, 0.25) is 0 Å². The first-order valence-electron chi connectivity index (χ1n) is 9.03. The van der Waals surface area contributed by atoms with Gasteiger partial charge in [0.15, 0.2) is 0 Å². The Kier molecular flexibility index (Phi) is 4.50. The van der Waals surface area contributed by atoms with Crippen LogP contribution in [0.1, 0.15) is 0 Å². The summed E-state index contributed by atoms with van der Waals surface area (Å²) in [6, 6.07) is 31.8. The lowest BCUT2D eigenvalue weighted by atomic mass is 9.98. The molecule has 0 aliphatic rings. The van der Waals surface area contributed by atoms with Crippen LogP contribution in [0.3, 0.4) is 0 Å². The molecule has 0 aliphatic heterocycles. The average Bonchev–Trinajstić information content (AvgIpc) is 2.73. The third-order valence-electron chi connectivity index (χ3n) is 4.98. The molecule has 0 radical (unpaired) electrons. The molecular formula is C25H15Br2N. The molecule has 4 aromatic carbocycles. The molecule has 0 spiro atoms. The Bertz CT molecular complexity index is 1210. The molecule has 0 fully saturated rings. The largest absolute Gasteiger partial charge is 0.246 e. The number of fused-ring (bicyclic) bond motifs is 2. The van der Waals surface area contributed by atoms with Crippen LogP contribution in [-0.4, -0.2) is 4.98 Å². The van der Waals surface area contributed by atoms with Crippen LogP contribution in [0.15, 0.2) is 99.9 Å². The third kappa shape index (κ3) is 3.15. The van der Waals surface area contributed by atoms with Crippen LogP contribution >= 0.6 is 31.9 Å². The van der Waals surface area contributed by atoms with E-state index in [2.05, 4.69) is 123 Å². The first kappa shape index (κ1) is 17.6. The van der Waals surface area contributed by atoms with Gasteiger partial charge in [-0.1, -0.05) is 92.5 Å². The molecule has 0 aliphatic carbocycles. The van der Waals surface area contributed by atoms with Gasteiger partial charge in [-0.05, 0) is 41.5 Å². The number of nitrogens with zero attached hydrogens (tertiary/aromatic N) is 1. The topological polar surface area (TPSA) is 12.9 Å². The normalized spacial score (nSPS) is 11.2. The van der Waals surface area contributed by atoms with E-state index in [-0.39, 0.29) is 0 Å². The van der Waals surface area contributed by atoms with Gasteiger partial charge in [0.25, 0.3) is 0 Å². The van der Waals surface area contributed by atoms with Gasteiger partial charge in [0.1, 0.15) is 0 Å². The van der Waals surface area contributed by atoms with Crippen molar-refractivity contribution in [3.8, 4) is 22.3 Å². The van der Waals surface area contributed by atoms with E-state index in [0.717, 1.165) is 41.9 Å². The summed E-state index contributed by atoms with van der Waals surface area (Å²) in [5.74, 6) is 0. The van der Waals surface area contributed by atoms with Crippen LogP contribution in [0.25, 0.3) is 44.1 Å². The van der Waals surface area contributed by atoms with E-state index in [4.69, 9.17) is 4.98 Å². The quantitative estimate of drug-likeness (QED) is 0.228. The number of benzene rings is 4. The Hall–Kier alpha value is -2.49. The van der Waals surface area contributed by atoms with E-state index in [9.17, 15) is 0 Å². The molecule has 0 unspecified atom stereocenters. The Morgan fingerprint density at radius 2 is 0.929 bits per heavy atom. The molecular weight excluding hydrogens is 474 g/mol. The molecule has 5 aromatic rings. The molecule has 0 atom stereocenters. The summed E-state index contributed by atoms with van der Waals surface area (Å²) in [4.78, 5) is 5.15. The van der Waals surface area contributed by atoms with Crippen LogP contribution in [0, 0.1) is 0 Å². The second kappa shape index (κ2) is 7.16. The number of rotatable bonds is 2. The fourth-order valence-corrected chi connectivity index (χ4v) is 4.14. The highest BCUT2D eigenvalue weighted by Gasteiger charge is 2.10. The number of pyridine rings is 1. The number of halogens is 2. The van der Waals surface area contributed by atoms with Gasteiger partial charge in [-0.2, -0.15) is 0 Å². The summed E-state index contributed by atoms with van der Waals surface area (Å²) >= 11 is 7.04. The Morgan fingerprint density at radius 1 is 0.500 bits per heavy atom. The number of para-hydroxylation sites is 2. The molecule has 3 heteroatoms. The van der Waals surface area contributed by atoms with Crippen molar-refractivity contribution in [2.75, 3.05) is 0 Å². The standard InChI is InChI=1S/C25H15Br2N/c26-20-11-7-16(8-12-20)22-5-1-3-18-15-19-4-2-6-23(25(19)28-24(18)22)17-9-13-21(27)14-10-17/h1-15H. The van der Waals surface area contributed by atoms with Gasteiger partial charge in [-0.25, -0.2) is 4.98 Å². The van der Waals surface area contributed by atoms with Gasteiger partial charge in [0, 0.05) is 30.8 Å². The minimum absolute atomic E-state index is 1.03. The van der Waals surface area contributed by atoms with Gasteiger partial charge in [0.05, 0.1) is 11.0 Å². The molecule has 0 amide bonds. The number of aromatic nitrogens is 1. The lowest BCUT2D eigenvalue weighted by Crippen LogP contribution is -1.90. The van der Waals surface area contributed by atoms with E-state index in [1.54, 1.807) is 0 Å². The van der Waals surface area contributed by atoms with Crippen LogP contribution in [0.2, 0.25) is 0 Å². The van der Waals surface area contributed by atoms with Crippen molar-refractivity contribution < 1.29 is 0 Å². The monoisotopic (exact) mass is 487 g/mol. The van der Waals surface area contributed by atoms with E-state index in [0.29, 0.717) is 0 Å². The molecule has 1 nitrogen and oxygen atoms in total. The van der Waals surface area contributed by atoms with Crippen molar-refractivity contribution in [3.05, 3.63) is 99.9 Å². The van der Waals surface area contributed by atoms with Gasteiger partial charge < -0.3 is 0 Å². The van der Waals surface area contributed by atoms with Crippen molar-refractivity contribution in [1.82, 2.24) is 4.98 Å². The minimum atomic E-state index is 1.03. The number of hydrogen-bond donors (Lipinski definition) is 0. The van der Waals surface area contributed by atoms with Crippen LogP contribution in [-0.2, 0) is 0 Å². The van der Waals surface area contributed by atoms with Crippen LogP contribution < -0.4 is 0 Å². The van der Waals surface area contributed by atoms with Crippen molar-refractivity contribution >= 4 is 53.7 Å². The molecule has 0 bridgehead atoms. The predicted octanol–water partition coefficient (Wildman–Crippen LogP) is 8.25. The maximum absolute atomic E-state index is 5.15. The van der Waals surface area contributed by atoms with Crippen molar-refractivity contribution in [2.24, 2.45) is 0 Å². The Labute approximate surface area is 180 Å². The maximum Gasteiger partial charge on any atom is 0.0788 e. The van der Waals surface area contributed by atoms with E-state index in [1.165, 1.54) is 11.1 Å². The smallest absolute Gasteiger partial charge is 0.0788 e. The molecule has 0 N–H and O–H groups in total. The highest BCUT2D eigenvalue weighted by molar-refractivity contribution is 9.10. The second-order valence-electron chi connectivity index (χ2n) is 6.76. The highest BCUT2D eigenvalue weighted by atomic mass is 79.9. The molecule has 1 heterocycles. The summed E-state index contributed by atoms with van der Waals surface area (Å²) in [5, 5.41) is 2.31. The zero-order chi connectivity index (χ0) is 19.1. The summed E-state index contributed by atoms with van der Waals surface area (Å²) in [7, 11) is 0. The molecule has 28 heavy (non-hydrogen) atoms. The molecule has 1 aromatic heterocycles. The molecule has 5 rings (SSSR count). The lowest BCUT2D eigenvalue weighted by Gasteiger charge is -2.11. The summed E-state index contributed by atoms with van der Waals surface area (Å²) in [6.07, 6.45) is 0. The van der Waals surface area contributed by atoms with E-state index >= 15 is 0 Å². The summed E-state index contributed by atoms with van der Waals surface area (Å²) in [6.45, 7) is 0. The van der Waals surface area contributed by atoms with Gasteiger partial charge in [-0.15, -0.1) is 0 Å². The van der Waals surface area contributed by atoms with E-state index < -0.39 is 0 Å². The van der Waals surface area contributed by atoms with Crippen molar-refractivity contribution in [3.63, 3.8) is 0 Å². The highest BCUT2D eigenvalue weighted by Crippen LogP contribution is 2.34. The molecule has 0 saturated heterocycles. The Morgan fingerprint density at radius 3 is 1.36 bits per heavy atom. The first-order chi connectivity index (χ1) is 13.7. The average molecular weight is 489 g/mol. The van der Waals surface area contributed by atoms with Gasteiger partial charge >= 0.3 is 0 Å². The predicted molar refractivity (Wildman–Crippen MR) is 126 cm³/mol. The summed E-state index contributed by atoms with van der Waals surface area (Å²) in [5.41, 5.74) is 6.70. The lowest BCUT2D eigenvalue weighted by molar-refractivity contribution is 1.48. The molecule has 0 saturated carbocycles. The van der Waals surface area contributed by atoms with Crippen LogP contribution in [0.4, 0.5) is 0 Å². The number of hydrogen-bond acceptors (Lipinski definition) is 1. The fraction of sp³-hybridized carbons (Fsp3) is 0. The summed E-state index contributed by atoms with van der Waals surface area (Å²) < 4.78 is 2.15. The SMILES string of the molecule is Brc1ccc(-c2cccc3cc4cccc(-c5ccc(Br)cc5)c4nc23)cc1. The van der Waals surface area contributed by atoms with Gasteiger partial charge in [-0.3, -0.25) is 0 Å². The Balaban J connectivity index is 1.80. The third-order valence-corrected chi connectivity index (χ3v) is 6.04.